The third-order valence-corrected chi connectivity index (χ3v) is 3.76. The van der Waals surface area contributed by atoms with Crippen molar-refractivity contribution >= 4 is 56.3 Å². The van der Waals surface area contributed by atoms with Crippen LogP contribution in [-0.2, 0) is 4.79 Å². The predicted molar refractivity (Wildman–Crippen MR) is 97.5 cm³/mol. The number of nitrogens with zero attached hydrogens (tertiary/aromatic N) is 1. The van der Waals surface area contributed by atoms with Crippen molar-refractivity contribution in [2.45, 2.75) is 0 Å². The maximum absolute atomic E-state index is 11.6. The molecular weight excluding hydrogens is 445 g/mol. The maximum Gasteiger partial charge on any atom is 0.259 e. The topological polar surface area (TPSA) is 53.5 Å². The van der Waals surface area contributed by atoms with Crippen molar-refractivity contribution in [1.82, 2.24) is 5.43 Å². The minimum Gasteiger partial charge on any atom is -0.376 e. The van der Waals surface area contributed by atoms with Gasteiger partial charge in [0.1, 0.15) is 0 Å². The molecule has 0 aliphatic carbocycles. The molecule has 0 fully saturated rings. The lowest BCUT2D eigenvalue weighted by molar-refractivity contribution is -0.119. The van der Waals surface area contributed by atoms with Gasteiger partial charge in [0.25, 0.3) is 5.91 Å². The maximum atomic E-state index is 11.6. The molecule has 0 bridgehead atoms. The van der Waals surface area contributed by atoms with Crippen LogP contribution in [0.1, 0.15) is 5.56 Å². The molecule has 0 radical (unpaired) electrons. The van der Waals surface area contributed by atoms with E-state index in [1.807, 2.05) is 48.5 Å². The number of carbonyl (C=O) groups is 1. The van der Waals surface area contributed by atoms with Gasteiger partial charge in [0.05, 0.1) is 12.8 Å². The van der Waals surface area contributed by atoms with Gasteiger partial charge in [0.2, 0.25) is 0 Å². The van der Waals surface area contributed by atoms with Crippen molar-refractivity contribution in [3.63, 3.8) is 0 Å². The summed E-state index contributed by atoms with van der Waals surface area (Å²) in [7, 11) is 0. The van der Waals surface area contributed by atoms with Crippen LogP contribution in [0.2, 0.25) is 0 Å². The van der Waals surface area contributed by atoms with Gasteiger partial charge in [-0.15, -0.1) is 0 Å². The van der Waals surface area contributed by atoms with Gasteiger partial charge in [-0.25, -0.2) is 5.43 Å². The quantitative estimate of drug-likeness (QED) is 0.409. The molecule has 1 amide bonds. The molecule has 21 heavy (non-hydrogen) atoms. The zero-order valence-electron chi connectivity index (χ0n) is 11.0. The Morgan fingerprint density at radius 2 is 2.00 bits per heavy atom. The highest BCUT2D eigenvalue weighted by atomic mass is 127. The molecule has 0 saturated heterocycles. The first-order chi connectivity index (χ1) is 10.1. The van der Waals surface area contributed by atoms with Crippen LogP contribution in [0.25, 0.3) is 0 Å². The van der Waals surface area contributed by atoms with Crippen LogP contribution in [0.15, 0.2) is 58.1 Å². The molecule has 0 unspecified atom stereocenters. The molecular formula is C15H13BrIN3O. The zero-order valence-corrected chi connectivity index (χ0v) is 14.8. The van der Waals surface area contributed by atoms with E-state index >= 15 is 0 Å². The summed E-state index contributed by atoms with van der Waals surface area (Å²) in [5.41, 5.74) is 4.30. The lowest BCUT2D eigenvalue weighted by Crippen LogP contribution is -2.25. The number of rotatable bonds is 5. The molecule has 108 valence electrons. The average Bonchev–Trinajstić information content (AvgIpc) is 2.47. The average molecular weight is 458 g/mol. The smallest absolute Gasteiger partial charge is 0.259 e. The Morgan fingerprint density at radius 3 is 2.71 bits per heavy atom. The summed E-state index contributed by atoms with van der Waals surface area (Å²) < 4.78 is 2.12. The highest BCUT2D eigenvalue weighted by molar-refractivity contribution is 14.1. The van der Waals surface area contributed by atoms with Gasteiger partial charge < -0.3 is 5.32 Å². The van der Waals surface area contributed by atoms with Crippen molar-refractivity contribution in [3.05, 3.63) is 62.1 Å². The second-order valence-corrected chi connectivity index (χ2v) is 6.37. The van der Waals surface area contributed by atoms with E-state index < -0.39 is 0 Å². The van der Waals surface area contributed by atoms with Crippen LogP contribution in [0.3, 0.4) is 0 Å². The summed E-state index contributed by atoms with van der Waals surface area (Å²) >= 11 is 5.61. The minimum absolute atomic E-state index is 0.177. The first-order valence-electron chi connectivity index (χ1n) is 6.20. The standard InChI is InChI=1S/C15H13BrIN3O/c16-12-3-1-2-11(8-12)9-19-20-15(21)10-18-14-6-4-13(17)5-7-14/h1-9,18H,10H2,(H,20,21)/b19-9+. The van der Waals surface area contributed by atoms with Gasteiger partial charge in [0.15, 0.2) is 0 Å². The molecule has 0 aliphatic rings. The number of anilines is 1. The fraction of sp³-hybridized carbons (Fsp3) is 0.0667. The van der Waals surface area contributed by atoms with E-state index in [0.29, 0.717) is 0 Å². The van der Waals surface area contributed by atoms with E-state index in [9.17, 15) is 4.79 Å². The highest BCUT2D eigenvalue weighted by Crippen LogP contribution is 2.11. The van der Waals surface area contributed by atoms with E-state index in [1.165, 1.54) is 0 Å². The molecule has 2 aromatic carbocycles. The third kappa shape index (κ3) is 5.84. The summed E-state index contributed by atoms with van der Waals surface area (Å²) in [6, 6.07) is 15.5. The second kappa shape index (κ2) is 8.14. The van der Waals surface area contributed by atoms with Gasteiger partial charge in [-0.1, -0.05) is 28.1 Å². The van der Waals surface area contributed by atoms with Crippen LogP contribution in [0.4, 0.5) is 5.69 Å². The molecule has 0 heterocycles. The predicted octanol–water partition coefficient (Wildman–Crippen LogP) is 3.62. The van der Waals surface area contributed by atoms with Gasteiger partial charge in [-0.2, -0.15) is 5.10 Å². The lowest BCUT2D eigenvalue weighted by atomic mass is 10.2. The SMILES string of the molecule is O=C(CNc1ccc(I)cc1)N/N=C/c1cccc(Br)c1. The van der Waals surface area contributed by atoms with Gasteiger partial charge in [-0.3, -0.25) is 4.79 Å². The van der Waals surface area contributed by atoms with Crippen LogP contribution >= 0.6 is 38.5 Å². The second-order valence-electron chi connectivity index (χ2n) is 4.21. The Hall–Kier alpha value is -1.41. The van der Waals surface area contributed by atoms with Gasteiger partial charge in [-0.05, 0) is 64.6 Å². The lowest BCUT2D eigenvalue weighted by Gasteiger charge is -2.05. The summed E-state index contributed by atoms with van der Waals surface area (Å²) in [5.74, 6) is -0.195. The number of halogens is 2. The van der Waals surface area contributed by atoms with Crippen LogP contribution in [-0.4, -0.2) is 18.7 Å². The summed E-state index contributed by atoms with van der Waals surface area (Å²) in [6.07, 6.45) is 1.60. The Labute approximate surface area is 145 Å². The number of carbonyl (C=O) groups excluding carboxylic acids is 1. The minimum atomic E-state index is -0.195. The Kier molecular flexibility index (Phi) is 6.19. The van der Waals surface area contributed by atoms with Crippen molar-refractivity contribution in [3.8, 4) is 0 Å². The first kappa shape index (κ1) is 16.0. The zero-order chi connectivity index (χ0) is 15.1. The fourth-order valence-corrected chi connectivity index (χ4v) is 2.33. The number of amides is 1. The molecule has 6 heteroatoms. The molecule has 0 aromatic heterocycles. The monoisotopic (exact) mass is 457 g/mol. The van der Waals surface area contributed by atoms with Gasteiger partial charge >= 0.3 is 0 Å². The number of hydrazone groups is 1. The molecule has 2 aromatic rings. The van der Waals surface area contributed by atoms with E-state index in [2.05, 4.69) is 54.4 Å². The van der Waals surface area contributed by atoms with E-state index in [1.54, 1.807) is 6.21 Å². The number of hydrogen-bond donors (Lipinski definition) is 2. The molecule has 0 spiro atoms. The number of benzene rings is 2. The number of hydrogen-bond acceptors (Lipinski definition) is 3. The summed E-state index contributed by atoms with van der Waals surface area (Å²) in [6.45, 7) is 0.177. The number of nitrogens with one attached hydrogen (secondary N) is 2. The molecule has 0 atom stereocenters. The van der Waals surface area contributed by atoms with E-state index in [0.717, 1.165) is 19.3 Å². The van der Waals surface area contributed by atoms with Crippen molar-refractivity contribution in [2.75, 3.05) is 11.9 Å². The first-order valence-corrected chi connectivity index (χ1v) is 8.07. The Bertz CT molecular complexity index is 644. The van der Waals surface area contributed by atoms with Crippen molar-refractivity contribution in [2.24, 2.45) is 5.10 Å². The fourth-order valence-electron chi connectivity index (χ4n) is 1.56. The van der Waals surface area contributed by atoms with Crippen molar-refractivity contribution in [1.29, 1.82) is 0 Å². The molecule has 4 nitrogen and oxygen atoms in total. The summed E-state index contributed by atoms with van der Waals surface area (Å²) in [4.78, 5) is 11.6. The molecule has 2 rings (SSSR count). The largest absolute Gasteiger partial charge is 0.376 e. The van der Waals surface area contributed by atoms with Gasteiger partial charge in [0, 0.05) is 13.7 Å². The molecule has 2 N–H and O–H groups in total. The van der Waals surface area contributed by atoms with E-state index in [4.69, 9.17) is 0 Å². The van der Waals surface area contributed by atoms with Crippen LogP contribution in [0, 0.1) is 3.57 Å². The normalized spacial score (nSPS) is 10.6. The molecule has 0 saturated carbocycles. The Balaban J connectivity index is 1.78. The highest BCUT2D eigenvalue weighted by Gasteiger charge is 1.99. The summed E-state index contributed by atoms with van der Waals surface area (Å²) in [5, 5.41) is 6.96. The van der Waals surface area contributed by atoms with Crippen LogP contribution < -0.4 is 10.7 Å². The molecule has 0 aliphatic heterocycles. The van der Waals surface area contributed by atoms with Crippen molar-refractivity contribution < 1.29 is 4.79 Å². The Morgan fingerprint density at radius 1 is 1.24 bits per heavy atom. The van der Waals surface area contributed by atoms with E-state index in [-0.39, 0.29) is 12.5 Å². The third-order valence-electron chi connectivity index (χ3n) is 2.55. The van der Waals surface area contributed by atoms with Crippen LogP contribution in [0.5, 0.6) is 0 Å².